The Morgan fingerprint density at radius 1 is 1.15 bits per heavy atom. The highest BCUT2D eigenvalue weighted by molar-refractivity contribution is 6.04. The van der Waals surface area contributed by atoms with Crippen molar-refractivity contribution in [3.63, 3.8) is 0 Å². The molecule has 0 aromatic carbocycles. The molecule has 98 valence electrons. The van der Waals surface area contributed by atoms with E-state index in [0.29, 0.717) is 17.1 Å². The van der Waals surface area contributed by atoms with Crippen LogP contribution >= 0.6 is 0 Å². The Morgan fingerprint density at radius 3 is 2.85 bits per heavy atom. The molecule has 0 atom stereocenters. The van der Waals surface area contributed by atoms with Crippen LogP contribution in [0.25, 0.3) is 11.4 Å². The van der Waals surface area contributed by atoms with Crippen molar-refractivity contribution in [2.45, 2.75) is 0 Å². The second kappa shape index (κ2) is 5.27. The molecule has 0 bridgehead atoms. The summed E-state index contributed by atoms with van der Waals surface area (Å²) in [5.74, 6) is -0.350. The van der Waals surface area contributed by atoms with E-state index in [-0.39, 0.29) is 11.6 Å². The van der Waals surface area contributed by atoms with Crippen LogP contribution in [-0.2, 0) is 0 Å². The van der Waals surface area contributed by atoms with Crippen molar-refractivity contribution in [1.82, 2.24) is 25.4 Å². The second-order valence-corrected chi connectivity index (χ2v) is 3.94. The van der Waals surface area contributed by atoms with E-state index in [1.807, 2.05) is 18.2 Å². The van der Waals surface area contributed by atoms with E-state index in [1.54, 1.807) is 18.3 Å². The summed E-state index contributed by atoms with van der Waals surface area (Å²) in [6, 6.07) is 8.74. The molecule has 3 aromatic heterocycles. The van der Waals surface area contributed by atoms with Crippen molar-refractivity contribution in [3.05, 3.63) is 54.6 Å². The van der Waals surface area contributed by atoms with Gasteiger partial charge in [0.15, 0.2) is 5.69 Å². The van der Waals surface area contributed by atoms with Gasteiger partial charge < -0.3 is 5.32 Å². The summed E-state index contributed by atoms with van der Waals surface area (Å²) < 4.78 is 0. The Hall–Kier alpha value is -3.09. The third-order valence-electron chi connectivity index (χ3n) is 2.61. The molecule has 0 aliphatic carbocycles. The lowest BCUT2D eigenvalue weighted by Gasteiger charge is -2.04. The van der Waals surface area contributed by atoms with Crippen molar-refractivity contribution >= 4 is 11.6 Å². The molecule has 20 heavy (non-hydrogen) atoms. The van der Waals surface area contributed by atoms with Crippen LogP contribution in [0, 0.1) is 0 Å². The Kier molecular flexibility index (Phi) is 3.15. The molecule has 0 aliphatic heterocycles. The number of pyridine rings is 1. The van der Waals surface area contributed by atoms with Gasteiger partial charge in [0.1, 0.15) is 5.69 Å². The molecular formula is C13H10N6O. The van der Waals surface area contributed by atoms with Crippen LogP contribution in [0.15, 0.2) is 48.9 Å². The Balaban J connectivity index is 1.86. The zero-order valence-corrected chi connectivity index (χ0v) is 10.3. The van der Waals surface area contributed by atoms with Crippen LogP contribution in [-0.4, -0.2) is 31.3 Å². The summed E-state index contributed by atoms with van der Waals surface area (Å²) in [5, 5.41) is 16.9. The first-order valence-electron chi connectivity index (χ1n) is 5.88. The second-order valence-electron chi connectivity index (χ2n) is 3.94. The van der Waals surface area contributed by atoms with Crippen LogP contribution in [0.2, 0.25) is 0 Å². The highest BCUT2D eigenvalue weighted by atomic mass is 16.1. The first kappa shape index (κ1) is 12.0. The molecule has 7 heteroatoms. The molecule has 3 rings (SSSR count). The lowest BCUT2D eigenvalue weighted by Crippen LogP contribution is -2.14. The molecule has 0 fully saturated rings. The standard InChI is InChI=1S/C13H10N6O/c20-13(10-5-3-7-15-18-10)17-11-8-16-19-12(11)9-4-1-2-6-14-9/h1-8H,(H,16,19)(H,17,20). The smallest absolute Gasteiger partial charge is 0.276 e. The van der Waals surface area contributed by atoms with Gasteiger partial charge in [-0.15, -0.1) is 5.10 Å². The molecule has 3 aromatic rings. The SMILES string of the molecule is O=C(Nc1cn[nH]c1-c1ccccn1)c1cccnn1. The van der Waals surface area contributed by atoms with Gasteiger partial charge in [0, 0.05) is 12.4 Å². The van der Waals surface area contributed by atoms with E-state index in [4.69, 9.17) is 0 Å². The highest BCUT2D eigenvalue weighted by Crippen LogP contribution is 2.23. The number of hydrogen-bond acceptors (Lipinski definition) is 5. The van der Waals surface area contributed by atoms with Gasteiger partial charge in [-0.05, 0) is 24.3 Å². The van der Waals surface area contributed by atoms with Gasteiger partial charge in [-0.25, -0.2) is 0 Å². The number of amides is 1. The average Bonchev–Trinajstić information content (AvgIpc) is 2.97. The Bertz CT molecular complexity index is 710. The number of carbonyl (C=O) groups excluding carboxylic acids is 1. The fraction of sp³-hybridized carbons (Fsp3) is 0. The van der Waals surface area contributed by atoms with E-state index in [2.05, 4.69) is 30.7 Å². The molecule has 1 amide bonds. The normalized spacial score (nSPS) is 10.2. The summed E-state index contributed by atoms with van der Waals surface area (Å²) in [6.07, 6.45) is 4.71. The molecular weight excluding hydrogens is 256 g/mol. The number of H-pyrrole nitrogens is 1. The summed E-state index contributed by atoms with van der Waals surface area (Å²) in [4.78, 5) is 16.2. The number of hydrogen-bond donors (Lipinski definition) is 2. The Labute approximate surface area is 114 Å². The lowest BCUT2D eigenvalue weighted by molar-refractivity contribution is 0.102. The summed E-state index contributed by atoms with van der Waals surface area (Å²) in [7, 11) is 0. The number of rotatable bonds is 3. The van der Waals surface area contributed by atoms with Crippen molar-refractivity contribution in [1.29, 1.82) is 0 Å². The van der Waals surface area contributed by atoms with E-state index in [9.17, 15) is 4.79 Å². The van der Waals surface area contributed by atoms with Crippen LogP contribution in [0.3, 0.4) is 0 Å². The predicted octanol–water partition coefficient (Wildman–Crippen LogP) is 1.51. The molecule has 0 saturated carbocycles. The van der Waals surface area contributed by atoms with E-state index in [0.717, 1.165) is 0 Å². The summed E-state index contributed by atoms with van der Waals surface area (Å²) in [5.41, 5.74) is 2.11. The van der Waals surface area contributed by atoms with Crippen LogP contribution in [0.5, 0.6) is 0 Å². The molecule has 0 unspecified atom stereocenters. The minimum Gasteiger partial charge on any atom is -0.317 e. The fourth-order valence-electron chi connectivity index (χ4n) is 1.70. The predicted molar refractivity (Wildman–Crippen MR) is 71.8 cm³/mol. The van der Waals surface area contributed by atoms with E-state index < -0.39 is 0 Å². The number of nitrogens with one attached hydrogen (secondary N) is 2. The molecule has 0 radical (unpaired) electrons. The minimum atomic E-state index is -0.350. The van der Waals surface area contributed by atoms with Gasteiger partial charge in [0.2, 0.25) is 0 Å². The van der Waals surface area contributed by atoms with Crippen LogP contribution in [0.1, 0.15) is 10.5 Å². The minimum absolute atomic E-state index is 0.237. The maximum Gasteiger partial charge on any atom is 0.276 e. The molecule has 7 nitrogen and oxygen atoms in total. The number of anilines is 1. The van der Waals surface area contributed by atoms with Crippen LogP contribution in [0.4, 0.5) is 5.69 Å². The van der Waals surface area contributed by atoms with Gasteiger partial charge in [0.25, 0.3) is 5.91 Å². The quantitative estimate of drug-likeness (QED) is 0.749. The van der Waals surface area contributed by atoms with Gasteiger partial charge in [-0.3, -0.25) is 14.9 Å². The van der Waals surface area contributed by atoms with Gasteiger partial charge in [0.05, 0.1) is 17.6 Å². The zero-order valence-electron chi connectivity index (χ0n) is 10.3. The van der Waals surface area contributed by atoms with Crippen LogP contribution < -0.4 is 5.32 Å². The van der Waals surface area contributed by atoms with E-state index >= 15 is 0 Å². The summed E-state index contributed by atoms with van der Waals surface area (Å²) in [6.45, 7) is 0. The van der Waals surface area contributed by atoms with Crippen molar-refractivity contribution < 1.29 is 4.79 Å². The highest BCUT2D eigenvalue weighted by Gasteiger charge is 2.13. The number of aromatic nitrogens is 5. The maximum absolute atomic E-state index is 12.0. The van der Waals surface area contributed by atoms with Crippen molar-refractivity contribution in [2.75, 3.05) is 5.32 Å². The molecule has 3 heterocycles. The number of nitrogens with zero attached hydrogens (tertiary/aromatic N) is 4. The molecule has 0 aliphatic rings. The first-order valence-corrected chi connectivity index (χ1v) is 5.88. The van der Waals surface area contributed by atoms with Gasteiger partial charge in [-0.2, -0.15) is 10.2 Å². The molecule has 0 saturated heterocycles. The monoisotopic (exact) mass is 266 g/mol. The third-order valence-corrected chi connectivity index (χ3v) is 2.61. The van der Waals surface area contributed by atoms with Gasteiger partial charge in [-0.1, -0.05) is 6.07 Å². The summed E-state index contributed by atoms with van der Waals surface area (Å²) >= 11 is 0. The topological polar surface area (TPSA) is 96.5 Å². The number of carbonyl (C=O) groups is 1. The molecule has 2 N–H and O–H groups in total. The third kappa shape index (κ3) is 2.37. The molecule has 0 spiro atoms. The van der Waals surface area contributed by atoms with E-state index in [1.165, 1.54) is 12.4 Å². The van der Waals surface area contributed by atoms with Crippen molar-refractivity contribution in [2.24, 2.45) is 0 Å². The maximum atomic E-state index is 12.0. The first-order chi connectivity index (χ1) is 9.84. The zero-order chi connectivity index (χ0) is 13.8. The Morgan fingerprint density at radius 2 is 2.10 bits per heavy atom. The number of aromatic amines is 1. The largest absolute Gasteiger partial charge is 0.317 e. The lowest BCUT2D eigenvalue weighted by atomic mass is 10.2. The van der Waals surface area contributed by atoms with Gasteiger partial charge >= 0.3 is 0 Å². The fourth-order valence-corrected chi connectivity index (χ4v) is 1.70. The average molecular weight is 266 g/mol. The van der Waals surface area contributed by atoms with Crippen molar-refractivity contribution in [3.8, 4) is 11.4 Å².